The smallest absolute Gasteiger partial charge is 0.261 e. The number of thiocarbonyl (C=S) groups is 1. The van der Waals surface area contributed by atoms with Crippen molar-refractivity contribution in [3.05, 3.63) is 94.0 Å². The van der Waals surface area contributed by atoms with Crippen LogP contribution in [0.2, 0.25) is 0 Å². The van der Waals surface area contributed by atoms with E-state index in [0.717, 1.165) is 35.7 Å². The van der Waals surface area contributed by atoms with Gasteiger partial charge in [-0.2, -0.15) is 0 Å². The maximum Gasteiger partial charge on any atom is 0.261 e. The first-order chi connectivity index (χ1) is 17.9. The number of benzene rings is 3. The number of hydrogen-bond donors (Lipinski definition) is 2. The highest BCUT2D eigenvalue weighted by Gasteiger charge is 2.16. The van der Waals surface area contributed by atoms with E-state index in [9.17, 15) is 9.59 Å². The minimum atomic E-state index is -0.378. The Morgan fingerprint density at radius 2 is 1.76 bits per heavy atom. The van der Waals surface area contributed by atoms with Gasteiger partial charge >= 0.3 is 0 Å². The third-order valence-electron chi connectivity index (χ3n) is 5.65. The number of rotatable bonds is 11. The lowest BCUT2D eigenvalue weighted by atomic mass is 10.1. The number of ether oxygens (including phenoxy) is 1. The van der Waals surface area contributed by atoms with E-state index in [1.807, 2.05) is 36.4 Å². The third kappa shape index (κ3) is 8.98. The van der Waals surface area contributed by atoms with Crippen molar-refractivity contribution in [3.63, 3.8) is 0 Å². The van der Waals surface area contributed by atoms with Crippen LogP contribution < -0.4 is 15.4 Å². The van der Waals surface area contributed by atoms with Gasteiger partial charge in [0.05, 0.1) is 12.2 Å². The van der Waals surface area contributed by atoms with Crippen molar-refractivity contribution in [2.24, 2.45) is 0 Å². The molecule has 0 aliphatic heterocycles. The fraction of sp³-hybridized carbons (Fsp3) is 0.276. The van der Waals surface area contributed by atoms with Crippen LogP contribution in [-0.4, -0.2) is 35.5 Å². The Labute approximate surface area is 232 Å². The third-order valence-corrected chi connectivity index (χ3v) is 6.34. The molecule has 3 aromatic rings. The molecule has 0 unspecified atom stereocenters. The van der Waals surface area contributed by atoms with Crippen LogP contribution in [0.3, 0.4) is 0 Å². The first-order valence-corrected chi connectivity index (χ1v) is 13.5. The van der Waals surface area contributed by atoms with Gasteiger partial charge in [0.15, 0.2) is 5.11 Å². The average molecular weight is 583 g/mol. The lowest BCUT2D eigenvalue weighted by Gasteiger charge is -2.18. The van der Waals surface area contributed by atoms with Crippen molar-refractivity contribution < 1.29 is 14.3 Å². The van der Waals surface area contributed by atoms with Crippen LogP contribution in [-0.2, 0) is 6.54 Å². The van der Waals surface area contributed by atoms with E-state index in [0.29, 0.717) is 35.7 Å². The summed E-state index contributed by atoms with van der Waals surface area (Å²) in [6.07, 6.45) is 4.33. The summed E-state index contributed by atoms with van der Waals surface area (Å²) in [7, 11) is 1.77. The minimum absolute atomic E-state index is 0.114. The number of carbonyl (C=O) groups is 2. The molecule has 0 aromatic heterocycles. The minimum Gasteiger partial charge on any atom is -0.493 e. The van der Waals surface area contributed by atoms with Gasteiger partial charge in [-0.1, -0.05) is 78.5 Å². The highest BCUT2D eigenvalue weighted by Crippen LogP contribution is 2.24. The SMILES string of the molecule is CCCCCCOc1ccc(Br)cc1C(=O)NC(=S)Nc1cccc(C(=O)N(C)Cc2ccccc2)c1. The van der Waals surface area contributed by atoms with Crippen LogP contribution in [0.4, 0.5) is 5.69 Å². The van der Waals surface area contributed by atoms with E-state index in [4.69, 9.17) is 17.0 Å². The fourth-order valence-electron chi connectivity index (χ4n) is 3.73. The van der Waals surface area contributed by atoms with Crippen molar-refractivity contribution in [2.45, 2.75) is 39.2 Å². The van der Waals surface area contributed by atoms with Crippen molar-refractivity contribution in [2.75, 3.05) is 19.0 Å². The molecule has 0 fully saturated rings. The molecule has 0 radical (unpaired) electrons. The Balaban J connectivity index is 1.60. The first kappa shape index (κ1) is 28.3. The number of amides is 2. The standard InChI is InChI=1S/C29H32BrN3O3S/c1-3-4-5-9-17-36-26-16-15-23(30)19-25(26)27(34)32-29(37)31-24-14-10-13-22(18-24)28(35)33(2)20-21-11-7-6-8-12-21/h6-8,10-16,18-19H,3-5,9,17,20H2,1-2H3,(H2,31,32,34,37). The number of hydrogen-bond acceptors (Lipinski definition) is 4. The number of unbranched alkanes of at least 4 members (excludes halogenated alkanes) is 3. The van der Waals surface area contributed by atoms with Gasteiger partial charge in [0, 0.05) is 29.3 Å². The van der Waals surface area contributed by atoms with Crippen LogP contribution in [0.5, 0.6) is 5.75 Å². The summed E-state index contributed by atoms with van der Waals surface area (Å²) in [5.41, 5.74) is 2.56. The maximum atomic E-state index is 13.0. The summed E-state index contributed by atoms with van der Waals surface area (Å²) < 4.78 is 6.64. The molecule has 3 aromatic carbocycles. The lowest BCUT2D eigenvalue weighted by molar-refractivity contribution is 0.0785. The van der Waals surface area contributed by atoms with E-state index < -0.39 is 0 Å². The summed E-state index contributed by atoms with van der Waals surface area (Å²) >= 11 is 8.80. The predicted molar refractivity (Wildman–Crippen MR) is 156 cm³/mol. The van der Waals surface area contributed by atoms with Gasteiger partial charge in [0.1, 0.15) is 5.75 Å². The average Bonchev–Trinajstić information content (AvgIpc) is 2.89. The van der Waals surface area contributed by atoms with Crippen LogP contribution >= 0.6 is 28.1 Å². The number of halogens is 1. The molecule has 0 aliphatic rings. The number of nitrogens with one attached hydrogen (secondary N) is 2. The largest absolute Gasteiger partial charge is 0.493 e. The molecule has 3 rings (SSSR count). The Hall–Kier alpha value is -3.23. The molecule has 2 amide bonds. The van der Waals surface area contributed by atoms with Gasteiger partial charge in [0.2, 0.25) is 0 Å². The summed E-state index contributed by atoms with van der Waals surface area (Å²) in [5, 5.41) is 5.84. The second kappa shape index (κ2) is 14.5. The van der Waals surface area contributed by atoms with Crippen molar-refractivity contribution in [1.82, 2.24) is 10.2 Å². The summed E-state index contributed by atoms with van der Waals surface area (Å²) in [6, 6.07) is 22.2. The Morgan fingerprint density at radius 1 is 0.973 bits per heavy atom. The summed E-state index contributed by atoms with van der Waals surface area (Å²) in [5.74, 6) is 0.0172. The molecular formula is C29H32BrN3O3S. The molecule has 8 heteroatoms. The molecule has 6 nitrogen and oxygen atoms in total. The number of nitrogens with zero attached hydrogens (tertiary/aromatic N) is 1. The zero-order chi connectivity index (χ0) is 26.6. The van der Waals surface area contributed by atoms with Gasteiger partial charge < -0.3 is 15.0 Å². The molecule has 0 heterocycles. The second-order valence-corrected chi connectivity index (χ2v) is 10.0. The predicted octanol–water partition coefficient (Wildman–Crippen LogP) is 6.81. The highest BCUT2D eigenvalue weighted by molar-refractivity contribution is 9.10. The van der Waals surface area contributed by atoms with Gasteiger partial charge in [-0.25, -0.2) is 0 Å². The maximum absolute atomic E-state index is 13.0. The van der Waals surface area contributed by atoms with Crippen LogP contribution in [0, 0.1) is 0 Å². The molecule has 194 valence electrons. The lowest BCUT2D eigenvalue weighted by Crippen LogP contribution is -2.34. The van der Waals surface area contributed by atoms with Gasteiger partial charge in [-0.15, -0.1) is 0 Å². The normalized spacial score (nSPS) is 10.5. The van der Waals surface area contributed by atoms with E-state index in [-0.39, 0.29) is 16.9 Å². The van der Waals surface area contributed by atoms with E-state index >= 15 is 0 Å². The number of carbonyl (C=O) groups excluding carboxylic acids is 2. The van der Waals surface area contributed by atoms with Crippen molar-refractivity contribution in [1.29, 1.82) is 0 Å². The topological polar surface area (TPSA) is 70.7 Å². The first-order valence-electron chi connectivity index (χ1n) is 12.3. The van der Waals surface area contributed by atoms with E-state index in [2.05, 4.69) is 33.5 Å². The Morgan fingerprint density at radius 3 is 2.51 bits per heavy atom. The van der Waals surface area contributed by atoms with E-state index in [1.165, 1.54) is 0 Å². The highest BCUT2D eigenvalue weighted by atomic mass is 79.9. The van der Waals surface area contributed by atoms with Crippen LogP contribution in [0.1, 0.15) is 58.9 Å². The summed E-state index contributed by atoms with van der Waals surface area (Å²) in [6.45, 7) is 3.21. The molecule has 2 N–H and O–H groups in total. The van der Waals surface area contributed by atoms with Crippen LogP contribution in [0.15, 0.2) is 77.3 Å². The molecule has 0 spiro atoms. The summed E-state index contributed by atoms with van der Waals surface area (Å²) in [4.78, 5) is 27.6. The van der Waals surface area contributed by atoms with Crippen LogP contribution in [0.25, 0.3) is 0 Å². The van der Waals surface area contributed by atoms with Gasteiger partial charge in [-0.05, 0) is 60.6 Å². The van der Waals surface area contributed by atoms with Crippen molar-refractivity contribution >= 4 is 50.8 Å². The Kier molecular flexibility index (Phi) is 11.1. The second-order valence-electron chi connectivity index (χ2n) is 8.69. The van der Waals surface area contributed by atoms with Crippen molar-refractivity contribution in [3.8, 4) is 5.75 Å². The monoisotopic (exact) mass is 581 g/mol. The molecule has 37 heavy (non-hydrogen) atoms. The Bertz CT molecular complexity index is 1220. The van der Waals surface area contributed by atoms with Gasteiger partial charge in [-0.3, -0.25) is 14.9 Å². The molecule has 0 aliphatic carbocycles. The molecule has 0 atom stereocenters. The van der Waals surface area contributed by atoms with Gasteiger partial charge in [0.25, 0.3) is 11.8 Å². The molecule has 0 saturated carbocycles. The molecule has 0 saturated heterocycles. The zero-order valence-corrected chi connectivity index (χ0v) is 23.5. The molecule has 0 bridgehead atoms. The fourth-order valence-corrected chi connectivity index (χ4v) is 4.30. The zero-order valence-electron chi connectivity index (χ0n) is 21.1. The molecular weight excluding hydrogens is 550 g/mol. The number of anilines is 1. The van der Waals surface area contributed by atoms with E-state index in [1.54, 1.807) is 48.3 Å². The quantitative estimate of drug-likeness (QED) is 0.192.